The number of piperidine rings is 1. The molecule has 0 spiro atoms. The van der Waals surface area contributed by atoms with Gasteiger partial charge >= 0.3 is 0 Å². The average Bonchev–Trinajstić information content (AvgIpc) is 2.94. The van der Waals surface area contributed by atoms with Gasteiger partial charge in [0.05, 0.1) is 16.2 Å². The predicted octanol–water partition coefficient (Wildman–Crippen LogP) is 5.26. The van der Waals surface area contributed by atoms with Gasteiger partial charge in [-0.2, -0.15) is 0 Å². The van der Waals surface area contributed by atoms with Gasteiger partial charge in [0.1, 0.15) is 0 Å². The van der Waals surface area contributed by atoms with Gasteiger partial charge in [0.2, 0.25) is 5.95 Å². The van der Waals surface area contributed by atoms with Crippen molar-refractivity contribution in [2.24, 2.45) is 5.92 Å². The van der Waals surface area contributed by atoms with Crippen LogP contribution in [0, 0.1) is 19.8 Å². The largest absolute Gasteiger partial charge is 0.341 e. The van der Waals surface area contributed by atoms with Crippen molar-refractivity contribution in [3.8, 4) is 0 Å². The summed E-state index contributed by atoms with van der Waals surface area (Å²) in [5, 5.41) is 0. The number of hydrogen-bond donors (Lipinski definition) is 1. The Bertz CT molecular complexity index is 1580. The van der Waals surface area contributed by atoms with E-state index < -0.39 is 15.9 Å². The van der Waals surface area contributed by atoms with Gasteiger partial charge in [-0.25, -0.2) is 23.1 Å². The number of nitrogens with zero attached hydrogens (tertiary/aromatic N) is 3. The van der Waals surface area contributed by atoms with Gasteiger partial charge in [0, 0.05) is 25.7 Å². The minimum Gasteiger partial charge on any atom is -0.341 e. The number of nitrogens with one attached hydrogen (secondary N) is 1. The van der Waals surface area contributed by atoms with Crippen molar-refractivity contribution in [2.45, 2.75) is 44.4 Å². The molecule has 1 amide bonds. The summed E-state index contributed by atoms with van der Waals surface area (Å²) in [5.41, 5.74) is 5.02. The Morgan fingerprint density at radius 1 is 0.900 bits per heavy atom. The van der Waals surface area contributed by atoms with Crippen LogP contribution in [-0.4, -0.2) is 37.4 Å². The second-order valence-electron chi connectivity index (χ2n) is 10.6. The van der Waals surface area contributed by atoms with Crippen molar-refractivity contribution in [3.05, 3.63) is 119 Å². The second-order valence-corrected chi connectivity index (χ2v) is 12.2. The van der Waals surface area contributed by atoms with Crippen LogP contribution >= 0.6 is 0 Å². The molecule has 0 radical (unpaired) electrons. The first-order valence-corrected chi connectivity index (χ1v) is 15.1. The van der Waals surface area contributed by atoms with Gasteiger partial charge in [0.25, 0.3) is 15.9 Å². The van der Waals surface area contributed by atoms with Crippen LogP contribution in [0.15, 0.2) is 90.0 Å². The maximum atomic E-state index is 13.3. The maximum Gasteiger partial charge on any atom is 0.268 e. The van der Waals surface area contributed by atoms with E-state index in [1.54, 1.807) is 12.1 Å². The second kappa shape index (κ2) is 12.0. The molecule has 7 nitrogen and oxygen atoms in total. The molecule has 8 heteroatoms. The number of hydrogen-bond acceptors (Lipinski definition) is 6. The maximum absolute atomic E-state index is 13.3. The summed E-state index contributed by atoms with van der Waals surface area (Å²) in [6, 6.07) is 24.9. The van der Waals surface area contributed by atoms with Crippen LogP contribution in [0.4, 0.5) is 5.95 Å². The zero-order valence-electron chi connectivity index (χ0n) is 22.9. The lowest BCUT2D eigenvalue weighted by atomic mass is 9.90. The molecule has 0 aliphatic carbocycles. The molecule has 0 atom stereocenters. The Balaban J connectivity index is 1.37. The number of anilines is 1. The Labute approximate surface area is 236 Å². The zero-order chi connectivity index (χ0) is 28.1. The van der Waals surface area contributed by atoms with E-state index in [1.165, 1.54) is 23.9 Å². The van der Waals surface area contributed by atoms with Gasteiger partial charge in [-0.15, -0.1) is 0 Å². The fourth-order valence-corrected chi connectivity index (χ4v) is 6.10. The van der Waals surface area contributed by atoms with Gasteiger partial charge in [0.15, 0.2) is 0 Å². The monoisotopic (exact) mass is 554 g/mol. The molecule has 4 aromatic rings. The quantitative estimate of drug-likeness (QED) is 0.319. The SMILES string of the molecule is Cc1ccc(S(=O)(=O)NC(=O)c2cnc(N3CCC(Cc4ccccc4)CC3)nc2Cc2cccc(C)c2)cc1. The Morgan fingerprint density at radius 3 is 2.30 bits per heavy atom. The van der Waals surface area contributed by atoms with Crippen molar-refractivity contribution in [3.63, 3.8) is 0 Å². The molecule has 206 valence electrons. The summed E-state index contributed by atoms with van der Waals surface area (Å²) in [4.78, 5) is 24.8. The normalized spacial score (nSPS) is 14.2. The molecule has 1 aliphatic rings. The van der Waals surface area contributed by atoms with Crippen LogP contribution in [0.3, 0.4) is 0 Å². The summed E-state index contributed by atoms with van der Waals surface area (Å²) < 4.78 is 28.1. The smallest absolute Gasteiger partial charge is 0.268 e. The minimum absolute atomic E-state index is 0.0302. The van der Waals surface area contributed by atoms with Crippen LogP contribution < -0.4 is 9.62 Å². The molecule has 1 N–H and O–H groups in total. The van der Waals surface area contributed by atoms with E-state index in [2.05, 4.69) is 38.9 Å². The van der Waals surface area contributed by atoms with Crippen LogP contribution in [0.2, 0.25) is 0 Å². The molecule has 1 fully saturated rings. The molecule has 5 rings (SSSR count). The summed E-state index contributed by atoms with van der Waals surface area (Å²) in [5.74, 6) is 0.428. The van der Waals surface area contributed by atoms with Gasteiger partial charge in [-0.05, 0) is 62.3 Å². The van der Waals surface area contributed by atoms with Crippen LogP contribution in [0.25, 0.3) is 0 Å². The Kier molecular flexibility index (Phi) is 8.26. The summed E-state index contributed by atoms with van der Waals surface area (Å²) >= 11 is 0. The summed E-state index contributed by atoms with van der Waals surface area (Å²) in [6.45, 7) is 5.54. The van der Waals surface area contributed by atoms with Crippen LogP contribution in [-0.2, 0) is 22.9 Å². The highest BCUT2D eigenvalue weighted by atomic mass is 32.2. The number of benzene rings is 3. The lowest BCUT2D eigenvalue weighted by Gasteiger charge is -2.32. The lowest BCUT2D eigenvalue weighted by Crippen LogP contribution is -2.36. The highest BCUT2D eigenvalue weighted by molar-refractivity contribution is 7.90. The number of rotatable bonds is 8. The third-order valence-electron chi connectivity index (χ3n) is 7.38. The molecular weight excluding hydrogens is 520 g/mol. The molecule has 1 aromatic heterocycles. The topological polar surface area (TPSA) is 92.3 Å². The molecule has 0 saturated carbocycles. The van der Waals surface area contributed by atoms with Crippen molar-refractivity contribution in [1.29, 1.82) is 0 Å². The number of aryl methyl sites for hydroxylation is 2. The number of carbonyl (C=O) groups excluding carboxylic acids is 1. The van der Waals surface area contributed by atoms with Crippen molar-refractivity contribution in [2.75, 3.05) is 18.0 Å². The number of carbonyl (C=O) groups is 1. The highest BCUT2D eigenvalue weighted by Crippen LogP contribution is 2.25. The zero-order valence-corrected chi connectivity index (χ0v) is 23.7. The lowest BCUT2D eigenvalue weighted by molar-refractivity contribution is 0.0980. The highest BCUT2D eigenvalue weighted by Gasteiger charge is 2.25. The molecule has 1 aliphatic heterocycles. The van der Waals surface area contributed by atoms with E-state index in [1.807, 2.05) is 44.2 Å². The van der Waals surface area contributed by atoms with E-state index >= 15 is 0 Å². The first kappa shape index (κ1) is 27.5. The van der Waals surface area contributed by atoms with Crippen molar-refractivity contribution >= 4 is 21.9 Å². The Hall–Kier alpha value is -4.04. The molecule has 40 heavy (non-hydrogen) atoms. The van der Waals surface area contributed by atoms with Gasteiger partial charge in [-0.3, -0.25) is 4.79 Å². The molecule has 0 bridgehead atoms. The van der Waals surface area contributed by atoms with Crippen molar-refractivity contribution < 1.29 is 13.2 Å². The summed E-state index contributed by atoms with van der Waals surface area (Å²) in [7, 11) is -4.05. The fraction of sp³-hybridized carbons (Fsp3) is 0.281. The van der Waals surface area contributed by atoms with Gasteiger partial charge < -0.3 is 4.90 Å². The molecule has 0 unspecified atom stereocenters. The fourth-order valence-electron chi connectivity index (χ4n) is 5.14. The van der Waals surface area contributed by atoms with E-state index in [9.17, 15) is 13.2 Å². The standard InChI is InChI=1S/C32H34N4O3S/c1-23-11-13-28(14-12-23)40(38,39)35-31(37)29-22-33-32(34-30(29)21-27-10-6-7-24(2)19-27)36-17-15-26(16-18-36)20-25-8-4-3-5-9-25/h3-14,19,22,26H,15-18,20-21H2,1-2H3,(H,35,37). The average molecular weight is 555 g/mol. The van der Waals surface area contributed by atoms with Gasteiger partial charge in [-0.1, -0.05) is 77.9 Å². The van der Waals surface area contributed by atoms with E-state index in [0.717, 1.165) is 49.0 Å². The third-order valence-corrected chi connectivity index (χ3v) is 8.72. The minimum atomic E-state index is -4.05. The van der Waals surface area contributed by atoms with E-state index in [4.69, 9.17) is 4.98 Å². The number of sulfonamides is 1. The number of aromatic nitrogens is 2. The first-order valence-electron chi connectivity index (χ1n) is 13.6. The molecule has 1 saturated heterocycles. The van der Waals surface area contributed by atoms with Crippen LogP contribution in [0.5, 0.6) is 0 Å². The first-order chi connectivity index (χ1) is 19.3. The van der Waals surface area contributed by atoms with Crippen molar-refractivity contribution in [1.82, 2.24) is 14.7 Å². The molecular formula is C32H34N4O3S. The third kappa shape index (κ3) is 6.74. The molecule has 2 heterocycles. The van der Waals surface area contributed by atoms with E-state index in [-0.39, 0.29) is 10.5 Å². The van der Waals surface area contributed by atoms with E-state index in [0.29, 0.717) is 24.0 Å². The number of amides is 1. The Morgan fingerprint density at radius 2 is 1.60 bits per heavy atom. The summed E-state index contributed by atoms with van der Waals surface area (Å²) in [6.07, 6.45) is 4.96. The molecule has 3 aromatic carbocycles. The van der Waals surface area contributed by atoms with Crippen LogP contribution in [0.1, 0.15) is 51.1 Å². The predicted molar refractivity (Wildman–Crippen MR) is 157 cm³/mol.